The van der Waals surface area contributed by atoms with Crippen LogP contribution in [-0.2, 0) is 22.0 Å². The minimum atomic E-state index is -3.44. The monoisotopic (exact) mass is 340 g/mol. The summed E-state index contributed by atoms with van der Waals surface area (Å²) in [5.74, 6) is -1.25. The van der Waals surface area contributed by atoms with E-state index in [2.05, 4.69) is 0 Å². The molecule has 1 aromatic rings. The van der Waals surface area contributed by atoms with Gasteiger partial charge in [-0.1, -0.05) is 0 Å². The molecule has 1 saturated carbocycles. The van der Waals surface area contributed by atoms with Gasteiger partial charge in [0, 0.05) is 23.7 Å². The highest BCUT2D eigenvalue weighted by atomic mass is 32.2. The lowest BCUT2D eigenvalue weighted by Gasteiger charge is -2.32. The molecule has 0 bridgehead atoms. The summed E-state index contributed by atoms with van der Waals surface area (Å²) in [5, 5.41) is 9.13. The quantitative estimate of drug-likeness (QED) is 0.850. The summed E-state index contributed by atoms with van der Waals surface area (Å²) in [7, 11) is -3.44. The van der Waals surface area contributed by atoms with Crippen LogP contribution >= 0.6 is 0 Å². The Morgan fingerprint density at radius 1 is 1.35 bits per heavy atom. The number of halogens is 2. The van der Waals surface area contributed by atoms with Crippen molar-refractivity contribution in [2.45, 2.75) is 50.6 Å². The summed E-state index contributed by atoms with van der Waals surface area (Å²) in [4.78, 5) is 0. The van der Waals surface area contributed by atoms with Crippen molar-refractivity contribution in [1.82, 2.24) is 4.31 Å². The molecule has 23 heavy (non-hydrogen) atoms. The minimum Gasteiger partial charge on any atom is -0.212 e. The minimum absolute atomic E-state index is 0.0114. The van der Waals surface area contributed by atoms with Gasteiger partial charge in [-0.25, -0.2) is 17.2 Å². The standard InChI is InChI=1S/C16H18F2N2O2S/c1-11-3-2-6-23(21,22)20(11)9-12-7-15(18)13(8-14(12)17)16(10-19)4-5-16/h7-8,11H,2-6,9H2,1H3/t11-/m0/s1. The maximum atomic E-state index is 14.4. The van der Waals surface area contributed by atoms with Crippen LogP contribution in [0.3, 0.4) is 0 Å². The van der Waals surface area contributed by atoms with E-state index in [1.54, 1.807) is 6.92 Å². The Labute approximate surface area is 134 Å². The van der Waals surface area contributed by atoms with E-state index in [0.717, 1.165) is 12.1 Å². The van der Waals surface area contributed by atoms with Gasteiger partial charge in [-0.05, 0) is 44.7 Å². The second-order valence-corrected chi connectivity index (χ2v) is 8.51. The van der Waals surface area contributed by atoms with Crippen molar-refractivity contribution in [3.05, 3.63) is 34.9 Å². The first-order chi connectivity index (χ1) is 10.8. The number of benzene rings is 1. The molecule has 0 spiro atoms. The number of nitrogens with zero attached hydrogens (tertiary/aromatic N) is 2. The molecular weight excluding hydrogens is 322 g/mol. The Morgan fingerprint density at radius 3 is 2.61 bits per heavy atom. The number of sulfonamides is 1. The fourth-order valence-electron chi connectivity index (χ4n) is 3.16. The van der Waals surface area contributed by atoms with Crippen LogP contribution in [0.25, 0.3) is 0 Å². The van der Waals surface area contributed by atoms with Gasteiger partial charge in [0.2, 0.25) is 10.0 Å². The SMILES string of the molecule is C[C@H]1CCCS(=O)(=O)N1Cc1cc(F)c(C2(C#N)CC2)cc1F. The van der Waals surface area contributed by atoms with Crippen molar-refractivity contribution in [2.24, 2.45) is 0 Å². The molecule has 2 aliphatic rings. The zero-order valence-corrected chi connectivity index (χ0v) is 13.7. The molecule has 0 N–H and O–H groups in total. The zero-order valence-electron chi connectivity index (χ0n) is 12.8. The lowest BCUT2D eigenvalue weighted by Crippen LogP contribution is -2.43. The Morgan fingerprint density at radius 2 is 2.04 bits per heavy atom. The van der Waals surface area contributed by atoms with Crippen LogP contribution in [0.2, 0.25) is 0 Å². The molecule has 0 aromatic heterocycles. The van der Waals surface area contributed by atoms with Gasteiger partial charge in [0.1, 0.15) is 11.6 Å². The third kappa shape index (κ3) is 2.86. The number of hydrogen-bond acceptors (Lipinski definition) is 3. The molecule has 1 aliphatic carbocycles. The van der Waals surface area contributed by atoms with E-state index in [9.17, 15) is 17.2 Å². The van der Waals surface area contributed by atoms with Crippen LogP contribution in [-0.4, -0.2) is 24.5 Å². The summed E-state index contributed by atoms with van der Waals surface area (Å²) in [6.45, 7) is 1.60. The molecule has 7 heteroatoms. The average molecular weight is 340 g/mol. The predicted molar refractivity (Wildman–Crippen MR) is 80.9 cm³/mol. The fourth-order valence-corrected chi connectivity index (χ4v) is 4.92. The Bertz CT molecular complexity index is 782. The first-order valence-electron chi connectivity index (χ1n) is 7.68. The van der Waals surface area contributed by atoms with Gasteiger partial charge in [0.05, 0.1) is 17.2 Å². The molecule has 3 rings (SSSR count). The number of rotatable bonds is 3. The maximum absolute atomic E-state index is 14.4. The van der Waals surface area contributed by atoms with Crippen LogP contribution in [0.4, 0.5) is 8.78 Å². The van der Waals surface area contributed by atoms with E-state index in [1.165, 1.54) is 4.31 Å². The smallest absolute Gasteiger partial charge is 0.212 e. The third-order valence-corrected chi connectivity index (χ3v) is 6.82. The zero-order chi connectivity index (χ0) is 16.8. The summed E-state index contributed by atoms with van der Waals surface area (Å²) in [6.07, 6.45) is 2.34. The third-order valence-electron chi connectivity index (χ3n) is 4.81. The summed E-state index contributed by atoms with van der Waals surface area (Å²) < 4.78 is 54.2. The second-order valence-electron chi connectivity index (χ2n) is 6.47. The lowest BCUT2D eigenvalue weighted by atomic mass is 9.95. The van der Waals surface area contributed by atoms with Crippen molar-refractivity contribution in [2.75, 3.05) is 5.75 Å². The first-order valence-corrected chi connectivity index (χ1v) is 9.29. The van der Waals surface area contributed by atoms with E-state index in [1.807, 2.05) is 6.07 Å². The van der Waals surface area contributed by atoms with Crippen molar-refractivity contribution < 1.29 is 17.2 Å². The number of nitriles is 1. The second kappa shape index (κ2) is 5.53. The highest BCUT2D eigenvalue weighted by Crippen LogP contribution is 2.48. The normalized spacial score (nSPS) is 25.7. The van der Waals surface area contributed by atoms with Crippen molar-refractivity contribution in [3.63, 3.8) is 0 Å². The van der Waals surface area contributed by atoms with Crippen LogP contribution in [0, 0.1) is 23.0 Å². The summed E-state index contributed by atoms with van der Waals surface area (Å²) in [6, 6.07) is 3.91. The molecule has 2 fully saturated rings. The van der Waals surface area contributed by atoms with Gasteiger partial charge in [0.25, 0.3) is 0 Å². The van der Waals surface area contributed by atoms with Crippen molar-refractivity contribution in [3.8, 4) is 6.07 Å². The molecule has 1 heterocycles. The molecule has 1 aliphatic heterocycles. The molecule has 0 amide bonds. The molecule has 4 nitrogen and oxygen atoms in total. The predicted octanol–water partition coefficient (Wildman–Crippen LogP) is 2.83. The van der Waals surface area contributed by atoms with Crippen LogP contribution in [0.15, 0.2) is 12.1 Å². The van der Waals surface area contributed by atoms with E-state index >= 15 is 0 Å². The fraction of sp³-hybridized carbons (Fsp3) is 0.562. The van der Waals surface area contributed by atoms with Gasteiger partial charge in [-0.15, -0.1) is 0 Å². The summed E-state index contributed by atoms with van der Waals surface area (Å²) >= 11 is 0. The van der Waals surface area contributed by atoms with E-state index in [0.29, 0.717) is 25.7 Å². The molecule has 1 atom stereocenters. The largest absolute Gasteiger partial charge is 0.214 e. The van der Waals surface area contributed by atoms with Crippen LogP contribution in [0.5, 0.6) is 0 Å². The maximum Gasteiger partial charge on any atom is 0.214 e. The van der Waals surface area contributed by atoms with E-state index in [4.69, 9.17) is 5.26 Å². The van der Waals surface area contributed by atoms with Gasteiger partial charge in [-0.2, -0.15) is 9.57 Å². The number of hydrogen-bond donors (Lipinski definition) is 0. The van der Waals surface area contributed by atoms with E-state index in [-0.39, 0.29) is 29.5 Å². The molecule has 1 aromatic carbocycles. The highest BCUT2D eigenvalue weighted by Gasteiger charge is 2.47. The highest BCUT2D eigenvalue weighted by molar-refractivity contribution is 7.89. The van der Waals surface area contributed by atoms with Gasteiger partial charge in [-0.3, -0.25) is 0 Å². The molecular formula is C16H18F2N2O2S. The van der Waals surface area contributed by atoms with Crippen molar-refractivity contribution in [1.29, 1.82) is 5.26 Å². The van der Waals surface area contributed by atoms with Crippen molar-refractivity contribution >= 4 is 10.0 Å². The summed E-state index contributed by atoms with van der Waals surface area (Å²) in [5.41, 5.74) is -0.818. The lowest BCUT2D eigenvalue weighted by molar-refractivity contribution is 0.293. The van der Waals surface area contributed by atoms with Crippen LogP contribution < -0.4 is 0 Å². The average Bonchev–Trinajstić information content (AvgIpc) is 3.27. The van der Waals surface area contributed by atoms with Crippen LogP contribution in [0.1, 0.15) is 43.7 Å². The van der Waals surface area contributed by atoms with Gasteiger partial charge in [0.15, 0.2) is 0 Å². The Balaban J connectivity index is 1.93. The van der Waals surface area contributed by atoms with E-state index < -0.39 is 27.1 Å². The van der Waals surface area contributed by atoms with Gasteiger partial charge < -0.3 is 0 Å². The molecule has 0 radical (unpaired) electrons. The Kier molecular flexibility index (Phi) is 3.93. The topological polar surface area (TPSA) is 61.2 Å². The molecule has 0 unspecified atom stereocenters. The first kappa shape index (κ1) is 16.3. The Hall–Kier alpha value is -1.52. The van der Waals surface area contributed by atoms with Gasteiger partial charge >= 0.3 is 0 Å². The molecule has 1 saturated heterocycles. The molecule has 124 valence electrons.